The van der Waals surface area contributed by atoms with E-state index in [1.54, 1.807) is 0 Å². The van der Waals surface area contributed by atoms with Gasteiger partial charge in [0.15, 0.2) is 0 Å². The predicted octanol–water partition coefficient (Wildman–Crippen LogP) is 0.864. The summed E-state index contributed by atoms with van der Waals surface area (Å²) in [6.45, 7) is 1.71. The summed E-state index contributed by atoms with van der Waals surface area (Å²) >= 11 is 0. The Kier molecular flexibility index (Phi) is 2.74. The second-order valence-electron chi connectivity index (χ2n) is 3.63. The fourth-order valence-corrected chi connectivity index (χ4v) is 1.81. The molecule has 2 atom stereocenters. The lowest BCUT2D eigenvalue weighted by atomic mass is 9.96. The maximum Gasteiger partial charge on any atom is 0.141 e. The van der Waals surface area contributed by atoms with Crippen LogP contribution in [0.2, 0.25) is 0 Å². The third kappa shape index (κ3) is 1.91. The average Bonchev–Trinajstić information content (AvgIpc) is 2.69. The molecule has 1 aromatic heterocycles. The van der Waals surface area contributed by atoms with Crippen LogP contribution in [0.4, 0.5) is 4.39 Å². The van der Waals surface area contributed by atoms with Gasteiger partial charge in [-0.05, 0) is 19.0 Å². The highest BCUT2D eigenvalue weighted by Crippen LogP contribution is 2.26. The SMILES string of the molecule is OC(c1cncc(F)c1)[C@@H]1CCNC1. The summed E-state index contributed by atoms with van der Waals surface area (Å²) in [6.07, 6.45) is 2.99. The maximum atomic E-state index is 12.8. The number of nitrogens with one attached hydrogen (secondary N) is 1. The molecule has 1 saturated heterocycles. The van der Waals surface area contributed by atoms with Gasteiger partial charge in [-0.15, -0.1) is 0 Å². The van der Waals surface area contributed by atoms with Crippen LogP contribution < -0.4 is 5.32 Å². The molecule has 76 valence electrons. The van der Waals surface area contributed by atoms with Gasteiger partial charge in [0, 0.05) is 24.2 Å². The standard InChI is InChI=1S/C10H13FN2O/c11-9-3-8(5-13-6-9)10(14)7-1-2-12-4-7/h3,5-7,10,12,14H,1-2,4H2/t7-,10?/m1/s1. The smallest absolute Gasteiger partial charge is 0.141 e. The van der Waals surface area contributed by atoms with E-state index in [1.165, 1.54) is 12.3 Å². The zero-order valence-electron chi connectivity index (χ0n) is 7.78. The first-order valence-corrected chi connectivity index (χ1v) is 4.76. The second kappa shape index (κ2) is 4.02. The van der Waals surface area contributed by atoms with Crippen LogP contribution in [0.15, 0.2) is 18.5 Å². The Morgan fingerprint density at radius 3 is 3.07 bits per heavy atom. The summed E-state index contributed by atoms with van der Waals surface area (Å²) in [6, 6.07) is 1.34. The summed E-state index contributed by atoms with van der Waals surface area (Å²) in [5.41, 5.74) is 0.568. The van der Waals surface area contributed by atoms with Gasteiger partial charge in [0.1, 0.15) is 5.82 Å². The number of rotatable bonds is 2. The molecule has 1 unspecified atom stereocenters. The van der Waals surface area contributed by atoms with Gasteiger partial charge in [0.25, 0.3) is 0 Å². The Morgan fingerprint density at radius 2 is 2.43 bits per heavy atom. The quantitative estimate of drug-likeness (QED) is 0.737. The van der Waals surface area contributed by atoms with Crippen LogP contribution in [-0.4, -0.2) is 23.2 Å². The molecule has 0 spiro atoms. The second-order valence-corrected chi connectivity index (χ2v) is 3.63. The molecule has 2 N–H and O–H groups in total. The van der Waals surface area contributed by atoms with Gasteiger partial charge in [-0.25, -0.2) is 4.39 Å². The van der Waals surface area contributed by atoms with Crippen LogP contribution >= 0.6 is 0 Å². The minimum atomic E-state index is -0.604. The van der Waals surface area contributed by atoms with E-state index in [0.717, 1.165) is 25.7 Å². The van der Waals surface area contributed by atoms with Gasteiger partial charge in [-0.1, -0.05) is 0 Å². The van der Waals surface area contributed by atoms with Crippen LogP contribution in [0.5, 0.6) is 0 Å². The number of aromatic nitrogens is 1. The van der Waals surface area contributed by atoms with Crippen molar-refractivity contribution in [3.8, 4) is 0 Å². The lowest BCUT2D eigenvalue weighted by molar-refractivity contribution is 0.117. The number of aliphatic hydroxyl groups is 1. The van der Waals surface area contributed by atoms with Crippen LogP contribution in [0.1, 0.15) is 18.1 Å². The highest BCUT2D eigenvalue weighted by molar-refractivity contribution is 5.14. The van der Waals surface area contributed by atoms with E-state index in [9.17, 15) is 9.50 Å². The summed E-state index contributed by atoms with van der Waals surface area (Å²) in [5, 5.41) is 13.1. The molecule has 0 radical (unpaired) electrons. The number of nitrogens with zero attached hydrogens (tertiary/aromatic N) is 1. The topological polar surface area (TPSA) is 45.2 Å². The lowest BCUT2D eigenvalue weighted by Crippen LogP contribution is -2.16. The van der Waals surface area contributed by atoms with Gasteiger partial charge in [-0.3, -0.25) is 4.98 Å². The molecule has 1 fully saturated rings. The van der Waals surface area contributed by atoms with Crippen LogP contribution in [0.3, 0.4) is 0 Å². The monoisotopic (exact) mass is 196 g/mol. The van der Waals surface area contributed by atoms with Crippen molar-refractivity contribution < 1.29 is 9.50 Å². The maximum absolute atomic E-state index is 12.8. The Balaban J connectivity index is 2.13. The van der Waals surface area contributed by atoms with Crippen molar-refractivity contribution in [2.24, 2.45) is 5.92 Å². The number of halogens is 1. The Hall–Kier alpha value is -1.00. The van der Waals surface area contributed by atoms with Crippen molar-refractivity contribution >= 4 is 0 Å². The minimum Gasteiger partial charge on any atom is -0.388 e. The van der Waals surface area contributed by atoms with Crippen molar-refractivity contribution in [2.75, 3.05) is 13.1 Å². The zero-order valence-corrected chi connectivity index (χ0v) is 7.78. The highest BCUT2D eigenvalue weighted by Gasteiger charge is 2.24. The number of pyridine rings is 1. The van der Waals surface area contributed by atoms with Gasteiger partial charge < -0.3 is 10.4 Å². The molecule has 1 aliphatic heterocycles. The summed E-state index contributed by atoms with van der Waals surface area (Å²) in [7, 11) is 0. The van der Waals surface area contributed by atoms with E-state index in [0.29, 0.717) is 5.56 Å². The molecule has 0 aromatic carbocycles. The molecular weight excluding hydrogens is 183 g/mol. The molecule has 14 heavy (non-hydrogen) atoms. The molecule has 1 aromatic rings. The van der Waals surface area contributed by atoms with Crippen LogP contribution in [-0.2, 0) is 0 Å². The van der Waals surface area contributed by atoms with Crippen molar-refractivity contribution in [3.63, 3.8) is 0 Å². The van der Waals surface area contributed by atoms with Crippen LogP contribution in [0, 0.1) is 11.7 Å². The number of aliphatic hydroxyl groups excluding tert-OH is 1. The van der Waals surface area contributed by atoms with Gasteiger partial charge in [0.05, 0.1) is 12.3 Å². The molecule has 3 nitrogen and oxygen atoms in total. The van der Waals surface area contributed by atoms with Gasteiger partial charge in [-0.2, -0.15) is 0 Å². The number of hydrogen-bond acceptors (Lipinski definition) is 3. The molecule has 1 aliphatic rings. The summed E-state index contributed by atoms with van der Waals surface area (Å²) in [4.78, 5) is 3.72. The molecular formula is C10H13FN2O. The largest absolute Gasteiger partial charge is 0.388 e. The molecule has 0 amide bonds. The van der Waals surface area contributed by atoms with Crippen molar-refractivity contribution in [1.82, 2.24) is 10.3 Å². The molecule has 2 heterocycles. The number of hydrogen-bond donors (Lipinski definition) is 2. The van der Waals surface area contributed by atoms with E-state index in [4.69, 9.17) is 0 Å². The average molecular weight is 196 g/mol. The zero-order chi connectivity index (χ0) is 9.97. The van der Waals surface area contributed by atoms with E-state index in [-0.39, 0.29) is 5.92 Å². The van der Waals surface area contributed by atoms with Crippen molar-refractivity contribution in [1.29, 1.82) is 0 Å². The van der Waals surface area contributed by atoms with Crippen molar-refractivity contribution in [3.05, 3.63) is 29.8 Å². The Morgan fingerprint density at radius 1 is 1.57 bits per heavy atom. The molecule has 2 rings (SSSR count). The lowest BCUT2D eigenvalue weighted by Gasteiger charge is -2.16. The van der Waals surface area contributed by atoms with E-state index >= 15 is 0 Å². The van der Waals surface area contributed by atoms with Gasteiger partial charge >= 0.3 is 0 Å². The third-order valence-electron chi connectivity index (χ3n) is 2.61. The Bertz CT molecular complexity index is 313. The van der Waals surface area contributed by atoms with E-state index in [1.807, 2.05) is 0 Å². The minimum absolute atomic E-state index is 0.179. The first-order valence-electron chi connectivity index (χ1n) is 4.76. The predicted molar refractivity (Wildman–Crippen MR) is 50.1 cm³/mol. The third-order valence-corrected chi connectivity index (χ3v) is 2.61. The normalized spacial score (nSPS) is 23.7. The summed E-state index contributed by atoms with van der Waals surface area (Å²) < 4.78 is 12.8. The molecule has 0 aliphatic carbocycles. The van der Waals surface area contributed by atoms with E-state index in [2.05, 4.69) is 10.3 Å². The highest BCUT2D eigenvalue weighted by atomic mass is 19.1. The van der Waals surface area contributed by atoms with Crippen molar-refractivity contribution in [2.45, 2.75) is 12.5 Å². The van der Waals surface area contributed by atoms with Crippen LogP contribution in [0.25, 0.3) is 0 Å². The summed E-state index contributed by atoms with van der Waals surface area (Å²) in [5.74, 6) is -0.217. The first-order chi connectivity index (χ1) is 6.77. The molecule has 0 saturated carbocycles. The fourth-order valence-electron chi connectivity index (χ4n) is 1.81. The molecule has 4 heteroatoms. The van der Waals surface area contributed by atoms with Gasteiger partial charge in [0.2, 0.25) is 0 Å². The fraction of sp³-hybridized carbons (Fsp3) is 0.500. The molecule has 0 bridgehead atoms. The van der Waals surface area contributed by atoms with E-state index < -0.39 is 11.9 Å². The first kappa shape index (κ1) is 9.55. The Labute approximate surface area is 82.0 Å².